The van der Waals surface area contributed by atoms with Crippen LogP contribution in [0.4, 0.5) is 0 Å². The number of halogens is 1. The van der Waals surface area contributed by atoms with Crippen LogP contribution in [0.25, 0.3) is 10.9 Å². The Labute approximate surface area is 95.6 Å². The minimum Gasteiger partial charge on any atom is -0.464 e. The second-order valence-electron chi connectivity index (χ2n) is 3.23. The molecule has 0 spiro atoms. The molecule has 0 fully saturated rings. The summed E-state index contributed by atoms with van der Waals surface area (Å²) in [5.74, 6) is -0.341. The molecule has 0 bridgehead atoms. The van der Waals surface area contributed by atoms with Gasteiger partial charge in [0.25, 0.3) is 0 Å². The molecule has 0 amide bonds. The molecular weight excluding hydrogens is 258 g/mol. The molecule has 1 N–H and O–H groups in total. The second kappa shape index (κ2) is 4.06. The maximum Gasteiger partial charge on any atom is 0.354 e. The van der Waals surface area contributed by atoms with Crippen molar-refractivity contribution in [2.24, 2.45) is 0 Å². The minimum absolute atomic E-state index is 0.341. The number of aromatic amines is 1. The quantitative estimate of drug-likeness (QED) is 0.672. The van der Waals surface area contributed by atoms with Crippen molar-refractivity contribution in [3.63, 3.8) is 0 Å². The molecule has 78 valence electrons. The lowest BCUT2D eigenvalue weighted by Crippen LogP contribution is -2.00. The lowest BCUT2D eigenvalue weighted by Gasteiger charge is -1.94. The number of hydrogen-bond donors (Lipinski definition) is 1. The summed E-state index contributed by atoms with van der Waals surface area (Å²) in [5.41, 5.74) is 2.60. The van der Waals surface area contributed by atoms with E-state index in [0.29, 0.717) is 5.69 Å². The van der Waals surface area contributed by atoms with Gasteiger partial charge in [0.1, 0.15) is 5.69 Å². The number of hydrogen-bond acceptors (Lipinski definition) is 2. The van der Waals surface area contributed by atoms with Gasteiger partial charge in [-0.25, -0.2) is 4.79 Å². The van der Waals surface area contributed by atoms with Crippen LogP contribution in [-0.4, -0.2) is 18.1 Å². The van der Waals surface area contributed by atoms with E-state index >= 15 is 0 Å². The molecule has 1 aromatic heterocycles. The number of fused-ring (bicyclic) bond motifs is 1. The Hall–Kier alpha value is -1.29. The van der Waals surface area contributed by atoms with Crippen LogP contribution in [0.5, 0.6) is 0 Å². The van der Waals surface area contributed by atoms with Crippen LogP contribution in [0.1, 0.15) is 16.1 Å². The molecule has 0 aliphatic heterocycles. The summed E-state index contributed by atoms with van der Waals surface area (Å²) in [6.07, 6.45) is 0. The Morgan fingerprint density at radius 1 is 1.47 bits per heavy atom. The van der Waals surface area contributed by atoms with Gasteiger partial charge in [-0.15, -0.1) is 0 Å². The van der Waals surface area contributed by atoms with Crippen molar-refractivity contribution in [1.82, 2.24) is 4.98 Å². The third-order valence-electron chi connectivity index (χ3n) is 2.25. The van der Waals surface area contributed by atoms with Gasteiger partial charge in [-0.05, 0) is 17.7 Å². The Morgan fingerprint density at radius 3 is 2.93 bits per heavy atom. The zero-order chi connectivity index (χ0) is 10.8. The van der Waals surface area contributed by atoms with E-state index in [-0.39, 0.29) is 5.97 Å². The van der Waals surface area contributed by atoms with Gasteiger partial charge in [0.15, 0.2) is 0 Å². The highest BCUT2D eigenvalue weighted by Crippen LogP contribution is 2.18. The molecule has 2 rings (SSSR count). The van der Waals surface area contributed by atoms with Crippen LogP contribution >= 0.6 is 15.9 Å². The maximum atomic E-state index is 11.3. The SMILES string of the molecule is COC(=O)c1cc2ccc(CBr)cc2[nH]1. The number of methoxy groups -OCH3 is 1. The minimum atomic E-state index is -0.341. The fraction of sp³-hybridized carbons (Fsp3) is 0.182. The highest BCUT2D eigenvalue weighted by atomic mass is 79.9. The van der Waals surface area contributed by atoms with Gasteiger partial charge < -0.3 is 9.72 Å². The fourth-order valence-corrected chi connectivity index (χ4v) is 1.83. The molecule has 0 atom stereocenters. The van der Waals surface area contributed by atoms with Crippen LogP contribution in [0.15, 0.2) is 24.3 Å². The Balaban J connectivity index is 2.51. The number of H-pyrrole nitrogens is 1. The standard InChI is InChI=1S/C11H10BrNO2/c1-15-11(14)10-5-8-3-2-7(6-12)4-9(8)13-10/h2-5,13H,6H2,1H3. The van der Waals surface area contributed by atoms with Crippen molar-refractivity contribution in [3.8, 4) is 0 Å². The van der Waals surface area contributed by atoms with Gasteiger partial charge >= 0.3 is 5.97 Å². The third-order valence-corrected chi connectivity index (χ3v) is 2.89. The largest absolute Gasteiger partial charge is 0.464 e. The molecule has 4 heteroatoms. The Kier molecular flexibility index (Phi) is 2.77. The molecule has 0 unspecified atom stereocenters. The molecule has 2 aromatic rings. The zero-order valence-corrected chi connectivity index (χ0v) is 9.80. The van der Waals surface area contributed by atoms with Gasteiger partial charge in [0.05, 0.1) is 7.11 Å². The monoisotopic (exact) mass is 267 g/mol. The van der Waals surface area contributed by atoms with Gasteiger partial charge in [-0.3, -0.25) is 0 Å². The summed E-state index contributed by atoms with van der Waals surface area (Å²) in [6, 6.07) is 7.80. The average Bonchev–Trinajstić information content (AvgIpc) is 2.70. The van der Waals surface area contributed by atoms with Crippen molar-refractivity contribution in [2.45, 2.75) is 5.33 Å². The van der Waals surface area contributed by atoms with Crippen molar-refractivity contribution < 1.29 is 9.53 Å². The van der Waals surface area contributed by atoms with Crippen molar-refractivity contribution >= 4 is 32.8 Å². The predicted octanol–water partition coefficient (Wildman–Crippen LogP) is 2.85. The summed E-state index contributed by atoms with van der Waals surface area (Å²) in [7, 11) is 1.37. The van der Waals surface area contributed by atoms with E-state index in [1.165, 1.54) is 12.7 Å². The smallest absolute Gasteiger partial charge is 0.354 e. The normalized spacial score (nSPS) is 10.5. The van der Waals surface area contributed by atoms with Gasteiger partial charge in [0, 0.05) is 16.2 Å². The van der Waals surface area contributed by atoms with Crippen LogP contribution in [0.2, 0.25) is 0 Å². The number of rotatable bonds is 2. The van der Waals surface area contributed by atoms with E-state index in [0.717, 1.165) is 16.2 Å². The van der Waals surface area contributed by atoms with E-state index in [1.807, 2.05) is 18.2 Å². The molecule has 1 heterocycles. The lowest BCUT2D eigenvalue weighted by molar-refractivity contribution is 0.0595. The second-order valence-corrected chi connectivity index (χ2v) is 3.79. The molecule has 0 saturated carbocycles. The van der Waals surface area contributed by atoms with E-state index in [1.54, 1.807) is 6.07 Å². The Morgan fingerprint density at radius 2 is 2.27 bits per heavy atom. The first-order valence-electron chi connectivity index (χ1n) is 4.50. The fourth-order valence-electron chi connectivity index (χ4n) is 1.48. The van der Waals surface area contributed by atoms with E-state index < -0.39 is 0 Å². The Bertz CT molecular complexity index is 504. The molecule has 0 radical (unpaired) electrons. The topological polar surface area (TPSA) is 42.1 Å². The molecule has 0 aliphatic carbocycles. The third kappa shape index (κ3) is 1.90. The number of benzene rings is 1. The zero-order valence-electron chi connectivity index (χ0n) is 8.21. The highest BCUT2D eigenvalue weighted by Gasteiger charge is 2.08. The molecule has 15 heavy (non-hydrogen) atoms. The summed E-state index contributed by atoms with van der Waals surface area (Å²) >= 11 is 3.39. The van der Waals surface area contributed by atoms with Gasteiger partial charge in [-0.1, -0.05) is 28.1 Å². The van der Waals surface area contributed by atoms with E-state index in [4.69, 9.17) is 0 Å². The molecule has 3 nitrogen and oxygen atoms in total. The van der Waals surface area contributed by atoms with Crippen LogP contribution in [-0.2, 0) is 10.1 Å². The molecule has 1 aromatic carbocycles. The lowest BCUT2D eigenvalue weighted by atomic mass is 10.2. The summed E-state index contributed by atoms with van der Waals surface area (Å²) < 4.78 is 4.64. The number of aromatic nitrogens is 1. The van der Waals surface area contributed by atoms with Crippen LogP contribution in [0.3, 0.4) is 0 Å². The highest BCUT2D eigenvalue weighted by molar-refractivity contribution is 9.08. The summed E-state index contributed by atoms with van der Waals surface area (Å²) in [6.45, 7) is 0. The number of nitrogens with one attached hydrogen (secondary N) is 1. The molecule has 0 saturated heterocycles. The van der Waals surface area contributed by atoms with Crippen LogP contribution in [0, 0.1) is 0 Å². The first-order chi connectivity index (χ1) is 7.24. The van der Waals surface area contributed by atoms with E-state index in [2.05, 4.69) is 25.7 Å². The molecular formula is C11H10BrNO2. The average molecular weight is 268 g/mol. The summed E-state index contributed by atoms with van der Waals surface area (Å²) in [4.78, 5) is 14.3. The first kappa shape index (κ1) is 10.2. The summed E-state index contributed by atoms with van der Waals surface area (Å²) in [5, 5.41) is 1.82. The number of ether oxygens (including phenoxy) is 1. The maximum absolute atomic E-state index is 11.3. The van der Waals surface area contributed by atoms with Gasteiger partial charge in [-0.2, -0.15) is 0 Å². The van der Waals surface area contributed by atoms with Crippen molar-refractivity contribution in [1.29, 1.82) is 0 Å². The number of carbonyl (C=O) groups excluding carboxylic acids is 1. The number of carbonyl (C=O) groups is 1. The number of esters is 1. The molecule has 0 aliphatic rings. The van der Waals surface area contributed by atoms with E-state index in [9.17, 15) is 4.79 Å². The van der Waals surface area contributed by atoms with Crippen molar-refractivity contribution in [3.05, 3.63) is 35.5 Å². The predicted molar refractivity (Wildman–Crippen MR) is 62.3 cm³/mol. The van der Waals surface area contributed by atoms with Gasteiger partial charge in [0.2, 0.25) is 0 Å². The number of alkyl halides is 1. The first-order valence-corrected chi connectivity index (χ1v) is 5.62. The van der Waals surface area contributed by atoms with Crippen molar-refractivity contribution in [2.75, 3.05) is 7.11 Å². The van der Waals surface area contributed by atoms with Crippen LogP contribution < -0.4 is 0 Å².